The molecular weight excluding hydrogens is 394 g/mol. The van der Waals surface area contributed by atoms with Crippen LogP contribution in [-0.4, -0.2) is 23.3 Å². The van der Waals surface area contributed by atoms with Crippen LogP contribution in [-0.2, 0) is 21.5 Å². The second kappa shape index (κ2) is 7.18. The third-order valence-corrected chi connectivity index (χ3v) is 5.98. The number of benzene rings is 3. The number of carbonyl (C=O) groups is 1. The zero-order valence-corrected chi connectivity index (χ0v) is 16.8. The molecule has 5 rings (SSSR count). The van der Waals surface area contributed by atoms with E-state index in [9.17, 15) is 15.0 Å². The summed E-state index contributed by atoms with van der Waals surface area (Å²) in [5.74, 6) is -0.107. The number of rotatable bonds is 4. The van der Waals surface area contributed by atoms with E-state index in [1.165, 1.54) is 13.4 Å². The summed E-state index contributed by atoms with van der Waals surface area (Å²) in [5.41, 5.74) is 0.167. The summed E-state index contributed by atoms with van der Waals surface area (Å²) in [6, 6.07) is 19.4. The molecule has 0 radical (unpaired) electrons. The molecule has 0 saturated carbocycles. The molecule has 156 valence electrons. The van der Waals surface area contributed by atoms with Crippen LogP contribution in [0.25, 0.3) is 10.8 Å². The first kappa shape index (κ1) is 19.2. The fourth-order valence-electron chi connectivity index (χ4n) is 4.64. The van der Waals surface area contributed by atoms with E-state index in [1.54, 1.807) is 36.4 Å². The van der Waals surface area contributed by atoms with Gasteiger partial charge in [0.05, 0.1) is 19.4 Å². The number of methoxy groups -OCH3 is 1. The number of ether oxygens (including phenoxy) is 1. The minimum atomic E-state index is -1.42. The fraction of sp³-hybridized carbons (Fsp3) is 0.160. The summed E-state index contributed by atoms with van der Waals surface area (Å²) < 4.78 is 10.8. The lowest BCUT2D eigenvalue weighted by atomic mass is 9.82. The molecule has 6 heteroatoms. The van der Waals surface area contributed by atoms with Gasteiger partial charge in [-0.25, -0.2) is 4.79 Å². The Morgan fingerprint density at radius 2 is 1.68 bits per heavy atom. The van der Waals surface area contributed by atoms with Crippen molar-refractivity contribution in [3.05, 3.63) is 95.4 Å². The molecule has 0 unspecified atom stereocenters. The summed E-state index contributed by atoms with van der Waals surface area (Å²) in [6.45, 7) is 0. The van der Waals surface area contributed by atoms with Crippen LogP contribution < -0.4 is 5.32 Å². The van der Waals surface area contributed by atoms with Crippen LogP contribution in [0.15, 0.2) is 77.4 Å². The van der Waals surface area contributed by atoms with Crippen LogP contribution in [0.1, 0.15) is 28.5 Å². The molecule has 2 heterocycles. The van der Waals surface area contributed by atoms with Crippen molar-refractivity contribution in [3.8, 4) is 11.5 Å². The smallest absolute Gasteiger partial charge is 0.331 e. The first-order valence-corrected chi connectivity index (χ1v) is 9.97. The van der Waals surface area contributed by atoms with Gasteiger partial charge in [-0.05, 0) is 17.7 Å². The highest BCUT2D eigenvalue weighted by Crippen LogP contribution is 2.54. The topological polar surface area (TPSA) is 91.9 Å². The number of nitrogens with one attached hydrogen (secondary N) is 1. The number of hydrogen-bond donors (Lipinski definition) is 3. The van der Waals surface area contributed by atoms with Gasteiger partial charge >= 0.3 is 5.97 Å². The largest absolute Gasteiger partial charge is 0.507 e. The third kappa shape index (κ3) is 2.79. The minimum absolute atomic E-state index is 0.00357. The average Bonchev–Trinajstić information content (AvgIpc) is 3.45. The van der Waals surface area contributed by atoms with Gasteiger partial charge in [0.2, 0.25) is 0 Å². The monoisotopic (exact) mass is 415 g/mol. The molecule has 6 nitrogen and oxygen atoms in total. The predicted octanol–water partition coefficient (Wildman–Crippen LogP) is 4.15. The summed E-state index contributed by atoms with van der Waals surface area (Å²) in [7, 11) is 1.31. The normalized spacial score (nSPS) is 20.0. The second-order valence-corrected chi connectivity index (χ2v) is 7.68. The maximum Gasteiger partial charge on any atom is 0.331 e. The molecule has 31 heavy (non-hydrogen) atoms. The second-order valence-electron chi connectivity index (χ2n) is 7.68. The SMILES string of the molecule is COC(=O)[C@]1(Cc2ccccc2)N[C@H](c2ccco2)c2c1c(O)c1ccccc1c2O. The third-order valence-electron chi connectivity index (χ3n) is 5.98. The Balaban J connectivity index is 1.85. The molecule has 0 saturated heterocycles. The van der Waals surface area contributed by atoms with E-state index in [1.807, 2.05) is 30.3 Å². The quantitative estimate of drug-likeness (QED) is 0.343. The van der Waals surface area contributed by atoms with Crippen molar-refractivity contribution in [1.29, 1.82) is 0 Å². The highest BCUT2D eigenvalue weighted by Gasteiger charge is 2.54. The van der Waals surface area contributed by atoms with Crippen molar-refractivity contribution in [2.45, 2.75) is 18.0 Å². The highest BCUT2D eigenvalue weighted by molar-refractivity contribution is 5.99. The molecule has 4 aromatic rings. The Morgan fingerprint density at radius 3 is 2.32 bits per heavy atom. The Bertz CT molecular complexity index is 1270. The molecule has 0 spiro atoms. The first-order valence-electron chi connectivity index (χ1n) is 9.97. The zero-order valence-electron chi connectivity index (χ0n) is 16.8. The standard InChI is InChI=1S/C25H21NO5/c1-30-24(29)25(14-15-8-3-2-4-9-15)20-19(21(26-25)18-12-7-13-31-18)22(27)16-10-5-6-11-17(16)23(20)28/h2-13,21,26-28H,14H2,1H3/t21-,25-/m1/s1. The van der Waals surface area contributed by atoms with Crippen LogP contribution in [0.3, 0.4) is 0 Å². The number of phenolic OH excluding ortho intramolecular Hbond substituents is 2. The van der Waals surface area contributed by atoms with Crippen molar-refractivity contribution >= 4 is 16.7 Å². The van der Waals surface area contributed by atoms with Crippen LogP contribution in [0, 0.1) is 0 Å². The molecule has 0 bridgehead atoms. The van der Waals surface area contributed by atoms with E-state index in [2.05, 4.69) is 5.32 Å². The Kier molecular flexibility index (Phi) is 4.45. The minimum Gasteiger partial charge on any atom is -0.507 e. The molecule has 1 aliphatic rings. The van der Waals surface area contributed by atoms with Gasteiger partial charge in [0.1, 0.15) is 17.3 Å². The average molecular weight is 415 g/mol. The number of aromatic hydroxyl groups is 2. The molecular formula is C25H21NO5. The van der Waals surface area contributed by atoms with Crippen molar-refractivity contribution in [2.75, 3.05) is 7.11 Å². The van der Waals surface area contributed by atoms with Crippen LogP contribution in [0.5, 0.6) is 11.5 Å². The first-order chi connectivity index (χ1) is 15.1. The van der Waals surface area contributed by atoms with Crippen LogP contribution >= 0.6 is 0 Å². The highest BCUT2D eigenvalue weighted by atomic mass is 16.5. The van der Waals surface area contributed by atoms with Gasteiger partial charge in [0, 0.05) is 28.3 Å². The van der Waals surface area contributed by atoms with Crippen LogP contribution in [0.2, 0.25) is 0 Å². The van der Waals surface area contributed by atoms with Gasteiger partial charge in [0.25, 0.3) is 0 Å². The summed E-state index contributed by atoms with van der Waals surface area (Å²) >= 11 is 0. The lowest BCUT2D eigenvalue weighted by molar-refractivity contribution is -0.149. The number of fused-ring (bicyclic) bond motifs is 2. The van der Waals surface area contributed by atoms with E-state index in [4.69, 9.17) is 9.15 Å². The van der Waals surface area contributed by atoms with Gasteiger partial charge < -0.3 is 19.4 Å². The molecule has 1 aromatic heterocycles. The number of phenols is 2. The van der Waals surface area contributed by atoms with E-state index in [0.29, 0.717) is 27.7 Å². The number of esters is 1. The Hall–Kier alpha value is -3.77. The van der Waals surface area contributed by atoms with Gasteiger partial charge in [0.15, 0.2) is 5.54 Å². The molecule has 2 atom stereocenters. The van der Waals surface area contributed by atoms with Crippen molar-refractivity contribution < 1.29 is 24.2 Å². The zero-order chi connectivity index (χ0) is 21.6. The predicted molar refractivity (Wildman–Crippen MR) is 115 cm³/mol. The summed E-state index contributed by atoms with van der Waals surface area (Å²) in [6.07, 6.45) is 1.75. The number of carbonyl (C=O) groups excluding carboxylic acids is 1. The van der Waals surface area contributed by atoms with Gasteiger partial charge in [-0.3, -0.25) is 5.32 Å². The maximum absolute atomic E-state index is 13.3. The van der Waals surface area contributed by atoms with Gasteiger partial charge in [-0.15, -0.1) is 0 Å². The molecule has 0 amide bonds. The Labute approximate surface area is 178 Å². The summed E-state index contributed by atoms with van der Waals surface area (Å²) in [5, 5.41) is 26.9. The number of hydrogen-bond acceptors (Lipinski definition) is 6. The van der Waals surface area contributed by atoms with Gasteiger partial charge in [-0.2, -0.15) is 0 Å². The Morgan fingerprint density at radius 1 is 1.00 bits per heavy atom. The van der Waals surface area contributed by atoms with Crippen molar-refractivity contribution in [3.63, 3.8) is 0 Å². The maximum atomic E-state index is 13.3. The fourth-order valence-corrected chi connectivity index (χ4v) is 4.64. The van der Waals surface area contributed by atoms with Crippen LogP contribution in [0.4, 0.5) is 0 Å². The van der Waals surface area contributed by atoms with E-state index in [0.717, 1.165) is 5.56 Å². The number of furan rings is 1. The molecule has 0 fully saturated rings. The molecule has 3 aromatic carbocycles. The van der Waals surface area contributed by atoms with E-state index < -0.39 is 17.6 Å². The van der Waals surface area contributed by atoms with Crippen molar-refractivity contribution in [1.82, 2.24) is 5.32 Å². The van der Waals surface area contributed by atoms with Gasteiger partial charge in [-0.1, -0.05) is 54.6 Å². The molecule has 1 aliphatic heterocycles. The lowest BCUT2D eigenvalue weighted by Gasteiger charge is -2.29. The lowest BCUT2D eigenvalue weighted by Crippen LogP contribution is -2.48. The summed E-state index contributed by atoms with van der Waals surface area (Å²) in [4.78, 5) is 13.3. The van der Waals surface area contributed by atoms with E-state index >= 15 is 0 Å². The van der Waals surface area contributed by atoms with Crippen molar-refractivity contribution in [2.24, 2.45) is 0 Å². The van der Waals surface area contributed by atoms with E-state index in [-0.39, 0.29) is 17.9 Å². The molecule has 0 aliphatic carbocycles. The molecule has 3 N–H and O–H groups in total.